The molecule has 0 heterocycles. The number of nitrogens with one attached hydrogen (secondary N) is 1. The predicted octanol–water partition coefficient (Wildman–Crippen LogP) is 5.48. The van der Waals surface area contributed by atoms with Crippen LogP contribution in [0.4, 0.5) is 37.7 Å². The zero-order chi connectivity index (χ0) is 29.0. The number of alkyl halides is 6. The minimum Gasteiger partial charge on any atom is -0.497 e. The van der Waals surface area contributed by atoms with E-state index in [1.165, 1.54) is 32.4 Å². The monoisotopic (exact) mass is 556 g/mol. The maximum absolute atomic E-state index is 13.2. The molecule has 3 rings (SSSR count). The number of carbonyl (C=O) groups excluding carboxylic acids is 1. The summed E-state index contributed by atoms with van der Waals surface area (Å²) < 4.78 is 95.4. The van der Waals surface area contributed by atoms with Crippen LogP contribution in [0.3, 0.4) is 0 Å². The number of methoxy groups -OCH3 is 2. The third-order valence-corrected chi connectivity index (χ3v) is 5.19. The highest BCUT2D eigenvalue weighted by Crippen LogP contribution is 2.37. The summed E-state index contributed by atoms with van der Waals surface area (Å²) >= 11 is 0. The fraction of sp³-hybridized carbons (Fsp3) is 0.200. The standard InChI is InChI=1S/C25H22F6N4O4/c1-37-18-4-6-20(38-2)14(9-18)12-39-21-11-17(3-5-19(21)35-23(32)33)34-22(36)13-7-15(24(26,27)28)10-16(8-13)25(29,30)31/h3-11H,12H2,1-2H3,(H,34,36)(H4,32,33,35). The van der Waals surface area contributed by atoms with Crippen molar-refractivity contribution in [1.29, 1.82) is 0 Å². The largest absolute Gasteiger partial charge is 0.497 e. The van der Waals surface area contributed by atoms with Crippen molar-refractivity contribution in [1.82, 2.24) is 0 Å². The molecule has 0 spiro atoms. The van der Waals surface area contributed by atoms with E-state index in [0.717, 1.165) is 0 Å². The van der Waals surface area contributed by atoms with E-state index in [-0.39, 0.29) is 35.8 Å². The number of nitrogens with zero attached hydrogens (tertiary/aromatic N) is 1. The molecule has 3 aromatic rings. The molecular weight excluding hydrogens is 534 g/mol. The molecule has 8 nitrogen and oxygen atoms in total. The van der Waals surface area contributed by atoms with Gasteiger partial charge < -0.3 is 31.0 Å². The van der Waals surface area contributed by atoms with Gasteiger partial charge in [0.15, 0.2) is 5.96 Å². The maximum Gasteiger partial charge on any atom is 0.416 e. The lowest BCUT2D eigenvalue weighted by Crippen LogP contribution is -2.22. The molecule has 0 bridgehead atoms. The molecule has 0 saturated carbocycles. The molecule has 0 atom stereocenters. The number of halogens is 6. The molecule has 0 fully saturated rings. The summed E-state index contributed by atoms with van der Waals surface area (Å²) in [4.78, 5) is 16.6. The number of hydrogen-bond donors (Lipinski definition) is 3. The third kappa shape index (κ3) is 7.46. The Hall–Kier alpha value is -4.62. The van der Waals surface area contributed by atoms with Gasteiger partial charge in [-0.2, -0.15) is 26.3 Å². The van der Waals surface area contributed by atoms with Crippen LogP contribution in [-0.4, -0.2) is 26.1 Å². The van der Waals surface area contributed by atoms with Gasteiger partial charge in [-0.3, -0.25) is 4.79 Å². The average molecular weight is 556 g/mol. The van der Waals surface area contributed by atoms with Crippen molar-refractivity contribution in [3.63, 3.8) is 0 Å². The molecule has 0 radical (unpaired) electrons. The topological polar surface area (TPSA) is 121 Å². The van der Waals surface area contributed by atoms with Crippen LogP contribution in [0.1, 0.15) is 27.0 Å². The second kappa shape index (κ2) is 11.4. The number of carbonyl (C=O) groups is 1. The quantitative estimate of drug-likeness (QED) is 0.192. The van der Waals surface area contributed by atoms with Crippen LogP contribution in [0.5, 0.6) is 17.2 Å². The second-order valence-electron chi connectivity index (χ2n) is 7.93. The van der Waals surface area contributed by atoms with Gasteiger partial charge in [0.05, 0.1) is 25.3 Å². The summed E-state index contributed by atoms with van der Waals surface area (Å²) in [7, 11) is 2.92. The van der Waals surface area contributed by atoms with Crippen LogP contribution in [0, 0.1) is 0 Å². The minimum absolute atomic E-state index is 0.0203. The Balaban J connectivity index is 1.94. The number of hydrogen-bond acceptors (Lipinski definition) is 5. The summed E-state index contributed by atoms with van der Waals surface area (Å²) in [6, 6.07) is 9.42. The lowest BCUT2D eigenvalue weighted by Gasteiger charge is -2.16. The highest BCUT2D eigenvalue weighted by Gasteiger charge is 2.37. The first kappa shape index (κ1) is 28.9. The summed E-state index contributed by atoms with van der Waals surface area (Å²) in [5.74, 6) is -0.528. The van der Waals surface area contributed by atoms with Crippen molar-refractivity contribution in [2.24, 2.45) is 16.5 Å². The number of ether oxygens (including phenoxy) is 3. The van der Waals surface area contributed by atoms with Gasteiger partial charge in [0, 0.05) is 22.9 Å². The molecule has 5 N–H and O–H groups in total. The fourth-order valence-corrected chi connectivity index (χ4v) is 3.38. The zero-order valence-electron chi connectivity index (χ0n) is 20.4. The van der Waals surface area contributed by atoms with Gasteiger partial charge >= 0.3 is 12.4 Å². The van der Waals surface area contributed by atoms with Crippen molar-refractivity contribution in [3.8, 4) is 17.2 Å². The zero-order valence-corrected chi connectivity index (χ0v) is 20.4. The summed E-state index contributed by atoms with van der Waals surface area (Å²) in [5, 5.41) is 2.27. The Morgan fingerprint density at radius 1 is 0.846 bits per heavy atom. The lowest BCUT2D eigenvalue weighted by molar-refractivity contribution is -0.143. The first-order valence-corrected chi connectivity index (χ1v) is 10.9. The number of amides is 1. The summed E-state index contributed by atoms with van der Waals surface area (Å²) in [6.45, 7) is -0.0899. The number of anilines is 1. The van der Waals surface area contributed by atoms with E-state index in [1.807, 2.05) is 0 Å². The molecule has 0 aliphatic rings. The van der Waals surface area contributed by atoms with Crippen molar-refractivity contribution in [2.45, 2.75) is 19.0 Å². The Kier molecular flexibility index (Phi) is 8.47. The Bertz CT molecular complexity index is 1350. The molecule has 0 saturated heterocycles. The van der Waals surface area contributed by atoms with Gasteiger partial charge in [-0.1, -0.05) is 0 Å². The van der Waals surface area contributed by atoms with Gasteiger partial charge in [0.1, 0.15) is 29.5 Å². The van der Waals surface area contributed by atoms with Crippen LogP contribution >= 0.6 is 0 Å². The number of nitrogens with two attached hydrogens (primary N) is 2. The molecule has 0 aliphatic carbocycles. The van der Waals surface area contributed by atoms with Crippen molar-refractivity contribution in [2.75, 3.05) is 19.5 Å². The predicted molar refractivity (Wildman–Crippen MR) is 130 cm³/mol. The first-order chi connectivity index (χ1) is 18.2. The van der Waals surface area contributed by atoms with E-state index in [2.05, 4.69) is 10.3 Å². The van der Waals surface area contributed by atoms with Crippen molar-refractivity contribution in [3.05, 3.63) is 76.9 Å². The van der Waals surface area contributed by atoms with E-state index in [9.17, 15) is 31.1 Å². The van der Waals surface area contributed by atoms with Crippen LogP contribution in [0.25, 0.3) is 0 Å². The summed E-state index contributed by atoms with van der Waals surface area (Å²) in [6.07, 6.45) is -10.2. The molecule has 1 amide bonds. The Labute approximate surface area is 218 Å². The first-order valence-electron chi connectivity index (χ1n) is 10.9. The Morgan fingerprint density at radius 3 is 2.03 bits per heavy atom. The SMILES string of the molecule is COc1ccc(OC)c(COc2cc(NC(=O)c3cc(C(F)(F)F)cc(C(F)(F)F)c3)ccc2N=C(N)N)c1. The van der Waals surface area contributed by atoms with Crippen LogP contribution in [0.15, 0.2) is 59.6 Å². The van der Waals surface area contributed by atoms with E-state index < -0.39 is 35.0 Å². The van der Waals surface area contributed by atoms with E-state index in [1.54, 1.807) is 18.2 Å². The highest BCUT2D eigenvalue weighted by atomic mass is 19.4. The molecular formula is C25H22F6N4O4. The van der Waals surface area contributed by atoms with Gasteiger partial charge in [0.2, 0.25) is 0 Å². The average Bonchev–Trinajstić information content (AvgIpc) is 2.86. The highest BCUT2D eigenvalue weighted by molar-refractivity contribution is 6.04. The molecule has 0 aliphatic heterocycles. The Morgan fingerprint density at radius 2 is 1.49 bits per heavy atom. The van der Waals surface area contributed by atoms with Gasteiger partial charge in [-0.25, -0.2) is 4.99 Å². The van der Waals surface area contributed by atoms with Gasteiger partial charge in [0.25, 0.3) is 5.91 Å². The minimum atomic E-state index is -5.11. The summed E-state index contributed by atoms with van der Waals surface area (Å²) in [5.41, 5.74) is 7.49. The van der Waals surface area contributed by atoms with Gasteiger partial charge in [-0.05, 0) is 48.5 Å². The number of benzene rings is 3. The number of guanidine groups is 1. The molecule has 0 unspecified atom stereocenters. The van der Waals surface area contributed by atoms with Crippen LogP contribution < -0.4 is 31.0 Å². The molecule has 0 aromatic heterocycles. The third-order valence-electron chi connectivity index (χ3n) is 5.19. The van der Waals surface area contributed by atoms with Crippen LogP contribution in [-0.2, 0) is 19.0 Å². The molecule has 14 heteroatoms. The second-order valence-corrected chi connectivity index (χ2v) is 7.93. The number of rotatable bonds is 8. The molecule has 39 heavy (non-hydrogen) atoms. The smallest absolute Gasteiger partial charge is 0.416 e. The van der Waals surface area contributed by atoms with E-state index in [0.29, 0.717) is 29.2 Å². The van der Waals surface area contributed by atoms with Crippen LogP contribution in [0.2, 0.25) is 0 Å². The van der Waals surface area contributed by atoms with Crippen molar-refractivity contribution >= 4 is 23.2 Å². The van der Waals surface area contributed by atoms with Gasteiger partial charge in [-0.15, -0.1) is 0 Å². The fourth-order valence-electron chi connectivity index (χ4n) is 3.38. The van der Waals surface area contributed by atoms with E-state index in [4.69, 9.17) is 25.7 Å². The van der Waals surface area contributed by atoms with Crippen molar-refractivity contribution < 1.29 is 45.3 Å². The normalized spacial score (nSPS) is 11.5. The maximum atomic E-state index is 13.2. The lowest BCUT2D eigenvalue weighted by atomic mass is 10.0. The number of aliphatic imine (C=N–C) groups is 1. The molecule has 208 valence electrons. The van der Waals surface area contributed by atoms with E-state index >= 15 is 0 Å². The molecule has 3 aromatic carbocycles.